The van der Waals surface area contributed by atoms with E-state index in [-0.39, 0.29) is 11.8 Å². The van der Waals surface area contributed by atoms with Crippen LogP contribution in [0.4, 0.5) is 5.69 Å². The van der Waals surface area contributed by atoms with Crippen LogP contribution in [-0.4, -0.2) is 24.1 Å². The molecule has 0 aliphatic carbocycles. The minimum atomic E-state index is -0.530. The van der Waals surface area contributed by atoms with Crippen LogP contribution >= 0.6 is 0 Å². The van der Waals surface area contributed by atoms with Gasteiger partial charge in [0, 0.05) is 18.5 Å². The summed E-state index contributed by atoms with van der Waals surface area (Å²) >= 11 is 0. The Bertz CT molecular complexity index is 578. The number of anilines is 1. The van der Waals surface area contributed by atoms with Gasteiger partial charge in [-0.15, -0.1) is 0 Å². The molecule has 3 rings (SSSR count). The number of amides is 2. The van der Waals surface area contributed by atoms with E-state index >= 15 is 0 Å². The molecule has 5 heteroatoms. The van der Waals surface area contributed by atoms with Crippen LogP contribution in [0, 0.1) is 0 Å². The van der Waals surface area contributed by atoms with E-state index in [0.717, 1.165) is 11.4 Å². The van der Waals surface area contributed by atoms with Gasteiger partial charge in [0.05, 0.1) is 0 Å². The van der Waals surface area contributed by atoms with Crippen molar-refractivity contribution in [3.05, 3.63) is 36.9 Å². The highest BCUT2D eigenvalue weighted by Crippen LogP contribution is 2.39. The highest BCUT2D eigenvalue weighted by molar-refractivity contribution is 5.99. The van der Waals surface area contributed by atoms with E-state index in [1.165, 1.54) is 0 Å². The molecule has 1 spiro atoms. The smallest absolute Gasteiger partial charge is 0.229 e. The molecule has 2 aliphatic heterocycles. The van der Waals surface area contributed by atoms with E-state index in [2.05, 4.69) is 11.9 Å². The number of carbonyl (C=O) groups is 2. The lowest BCUT2D eigenvalue weighted by Crippen LogP contribution is -2.54. The van der Waals surface area contributed by atoms with Gasteiger partial charge in [0.25, 0.3) is 0 Å². The zero-order valence-electron chi connectivity index (χ0n) is 11.8. The molecular formula is C16H18N2O3. The summed E-state index contributed by atoms with van der Waals surface area (Å²) in [4.78, 5) is 25.5. The summed E-state index contributed by atoms with van der Waals surface area (Å²) in [6.45, 7) is 4.05. The highest BCUT2D eigenvalue weighted by atomic mass is 16.5. The predicted octanol–water partition coefficient (Wildman–Crippen LogP) is 1.98. The van der Waals surface area contributed by atoms with Crippen molar-refractivity contribution in [1.82, 2.24) is 5.32 Å². The quantitative estimate of drug-likeness (QED) is 0.861. The van der Waals surface area contributed by atoms with E-state index in [1.54, 1.807) is 11.0 Å². The first-order chi connectivity index (χ1) is 10.1. The largest absolute Gasteiger partial charge is 0.490 e. The molecule has 2 heterocycles. The van der Waals surface area contributed by atoms with Crippen molar-refractivity contribution in [2.45, 2.75) is 31.3 Å². The third-order valence-electron chi connectivity index (χ3n) is 4.03. The lowest BCUT2D eigenvalue weighted by molar-refractivity contribution is -0.119. The van der Waals surface area contributed by atoms with Crippen LogP contribution in [0.15, 0.2) is 36.9 Å². The van der Waals surface area contributed by atoms with Crippen LogP contribution in [-0.2, 0) is 9.59 Å². The van der Waals surface area contributed by atoms with E-state index in [1.807, 2.05) is 24.3 Å². The molecule has 5 nitrogen and oxygen atoms in total. The Kier molecular flexibility index (Phi) is 3.41. The fourth-order valence-corrected chi connectivity index (χ4v) is 3.07. The maximum Gasteiger partial charge on any atom is 0.229 e. The number of benzene rings is 1. The summed E-state index contributed by atoms with van der Waals surface area (Å²) in [5.41, 5.74) is 0.267. The Balaban J connectivity index is 1.85. The molecule has 1 unspecified atom stereocenters. The van der Waals surface area contributed by atoms with Gasteiger partial charge in [-0.2, -0.15) is 0 Å². The van der Waals surface area contributed by atoms with Crippen LogP contribution in [0.3, 0.4) is 0 Å². The number of carbonyl (C=O) groups excluding carboxylic acids is 2. The number of ether oxygens (including phenoxy) is 1. The lowest BCUT2D eigenvalue weighted by Gasteiger charge is -2.35. The zero-order chi connectivity index (χ0) is 14.9. The third-order valence-corrected chi connectivity index (χ3v) is 4.03. The summed E-state index contributed by atoms with van der Waals surface area (Å²) in [6.07, 6.45) is 3.97. The van der Waals surface area contributed by atoms with Gasteiger partial charge in [-0.05, 0) is 37.1 Å². The first-order valence-electron chi connectivity index (χ1n) is 7.12. The van der Waals surface area contributed by atoms with Crippen molar-refractivity contribution >= 4 is 17.5 Å². The molecule has 1 aromatic carbocycles. The monoisotopic (exact) mass is 286 g/mol. The average molecular weight is 286 g/mol. The van der Waals surface area contributed by atoms with Gasteiger partial charge in [-0.25, -0.2) is 0 Å². The van der Waals surface area contributed by atoms with Crippen LogP contribution in [0.1, 0.15) is 25.7 Å². The van der Waals surface area contributed by atoms with Crippen LogP contribution < -0.4 is 15.0 Å². The Hall–Kier alpha value is -2.30. The second-order valence-electron chi connectivity index (χ2n) is 5.40. The molecule has 0 radical (unpaired) electrons. The van der Waals surface area contributed by atoms with E-state index in [0.29, 0.717) is 32.3 Å². The van der Waals surface area contributed by atoms with Crippen molar-refractivity contribution in [3.8, 4) is 5.75 Å². The number of nitrogens with one attached hydrogen (secondary N) is 1. The normalized spacial score (nSPS) is 24.5. The number of hydrogen-bond acceptors (Lipinski definition) is 3. The van der Waals surface area contributed by atoms with Crippen LogP contribution in [0.2, 0.25) is 0 Å². The van der Waals surface area contributed by atoms with Crippen molar-refractivity contribution < 1.29 is 14.3 Å². The zero-order valence-corrected chi connectivity index (χ0v) is 11.8. The summed E-state index contributed by atoms with van der Waals surface area (Å²) in [7, 11) is 0. The van der Waals surface area contributed by atoms with E-state index < -0.39 is 5.66 Å². The van der Waals surface area contributed by atoms with Crippen LogP contribution in [0.25, 0.3) is 0 Å². The number of nitrogens with zero attached hydrogens (tertiary/aromatic N) is 1. The molecule has 1 atom stereocenters. The Morgan fingerprint density at radius 2 is 1.95 bits per heavy atom. The molecule has 110 valence electrons. The predicted molar refractivity (Wildman–Crippen MR) is 79.0 cm³/mol. The minimum absolute atomic E-state index is 0.0145. The Morgan fingerprint density at radius 1 is 1.24 bits per heavy atom. The Morgan fingerprint density at radius 3 is 2.57 bits per heavy atom. The molecule has 2 aliphatic rings. The molecule has 0 aromatic heterocycles. The second kappa shape index (κ2) is 5.24. The van der Waals surface area contributed by atoms with Crippen molar-refractivity contribution in [1.29, 1.82) is 0 Å². The maximum absolute atomic E-state index is 12.2. The molecular weight excluding hydrogens is 268 g/mol. The molecule has 0 saturated carbocycles. The van der Waals surface area contributed by atoms with Gasteiger partial charge in [0.2, 0.25) is 11.8 Å². The summed E-state index contributed by atoms with van der Waals surface area (Å²) in [6, 6.07) is 7.37. The highest BCUT2D eigenvalue weighted by Gasteiger charge is 2.50. The summed E-state index contributed by atoms with van der Waals surface area (Å²) < 4.78 is 5.44. The fraction of sp³-hybridized carbons (Fsp3) is 0.375. The van der Waals surface area contributed by atoms with Gasteiger partial charge < -0.3 is 10.1 Å². The molecule has 21 heavy (non-hydrogen) atoms. The minimum Gasteiger partial charge on any atom is -0.490 e. The molecule has 1 N–H and O–H groups in total. The SMILES string of the molecule is C=CCOc1ccc(N2C(=O)CCC23CCC(=O)N3)cc1. The number of rotatable bonds is 4. The average Bonchev–Trinajstić information content (AvgIpc) is 3.01. The van der Waals surface area contributed by atoms with Crippen molar-refractivity contribution in [2.24, 2.45) is 0 Å². The molecule has 2 saturated heterocycles. The Labute approximate surface area is 123 Å². The fourth-order valence-electron chi connectivity index (χ4n) is 3.07. The van der Waals surface area contributed by atoms with E-state index in [9.17, 15) is 9.59 Å². The topological polar surface area (TPSA) is 58.6 Å². The molecule has 2 fully saturated rings. The first-order valence-corrected chi connectivity index (χ1v) is 7.12. The summed E-state index contributed by atoms with van der Waals surface area (Å²) in [5.74, 6) is 0.799. The molecule has 2 amide bonds. The van der Waals surface area contributed by atoms with Gasteiger partial charge in [-0.3, -0.25) is 14.5 Å². The van der Waals surface area contributed by atoms with Gasteiger partial charge in [0.1, 0.15) is 18.0 Å². The third kappa shape index (κ3) is 2.39. The maximum atomic E-state index is 12.2. The van der Waals surface area contributed by atoms with Crippen molar-refractivity contribution in [3.63, 3.8) is 0 Å². The lowest BCUT2D eigenvalue weighted by atomic mass is 10.0. The number of hydrogen-bond donors (Lipinski definition) is 1. The molecule has 0 bridgehead atoms. The summed E-state index contributed by atoms with van der Waals surface area (Å²) in [5, 5.41) is 2.98. The van der Waals surface area contributed by atoms with Gasteiger partial charge in [-0.1, -0.05) is 12.7 Å². The second-order valence-corrected chi connectivity index (χ2v) is 5.40. The van der Waals surface area contributed by atoms with Crippen LogP contribution in [0.5, 0.6) is 5.75 Å². The standard InChI is InChI=1S/C16H18N2O3/c1-2-11-21-13-5-3-12(4-6-13)18-15(20)8-10-16(18)9-7-14(19)17-16/h2-6H,1,7-11H2,(H,17,19). The first kappa shape index (κ1) is 13.7. The molecule has 1 aromatic rings. The van der Waals surface area contributed by atoms with E-state index in [4.69, 9.17) is 4.74 Å². The van der Waals surface area contributed by atoms with Gasteiger partial charge >= 0.3 is 0 Å². The van der Waals surface area contributed by atoms with Gasteiger partial charge in [0.15, 0.2) is 0 Å². The van der Waals surface area contributed by atoms with Crippen molar-refractivity contribution in [2.75, 3.05) is 11.5 Å².